The third-order valence-corrected chi connectivity index (χ3v) is 4.71. The molecule has 0 unspecified atom stereocenters. The Morgan fingerprint density at radius 1 is 0.920 bits per heavy atom. The van der Waals surface area contributed by atoms with Crippen molar-refractivity contribution < 1.29 is 4.79 Å². The molecule has 25 heavy (non-hydrogen) atoms. The zero-order valence-electron chi connectivity index (χ0n) is 14.9. The van der Waals surface area contributed by atoms with Crippen molar-refractivity contribution in [1.82, 2.24) is 10.2 Å². The molecule has 2 aromatic rings. The van der Waals surface area contributed by atoms with E-state index in [1.165, 1.54) is 16.8 Å². The van der Waals surface area contributed by atoms with E-state index in [0.717, 1.165) is 39.1 Å². The van der Waals surface area contributed by atoms with Crippen molar-refractivity contribution in [3.8, 4) is 0 Å². The molecule has 0 bridgehead atoms. The number of rotatable bonds is 6. The van der Waals surface area contributed by atoms with Crippen molar-refractivity contribution in [2.24, 2.45) is 0 Å². The number of nitrogens with one attached hydrogen (secondary N) is 1. The van der Waals surface area contributed by atoms with Crippen LogP contribution in [0.2, 0.25) is 0 Å². The van der Waals surface area contributed by atoms with Crippen molar-refractivity contribution in [2.75, 3.05) is 37.6 Å². The first-order chi connectivity index (χ1) is 12.2. The summed E-state index contributed by atoms with van der Waals surface area (Å²) in [5.41, 5.74) is 3.95. The second-order valence-electron chi connectivity index (χ2n) is 6.65. The summed E-state index contributed by atoms with van der Waals surface area (Å²) in [6.45, 7) is 7.63. The van der Waals surface area contributed by atoms with Crippen LogP contribution in [-0.2, 0) is 17.8 Å². The molecule has 0 aliphatic carbocycles. The summed E-state index contributed by atoms with van der Waals surface area (Å²) in [6, 6.07) is 19.4. The van der Waals surface area contributed by atoms with Gasteiger partial charge in [0.05, 0.1) is 0 Å². The summed E-state index contributed by atoms with van der Waals surface area (Å²) in [4.78, 5) is 15.9. The van der Waals surface area contributed by atoms with Gasteiger partial charge in [0.2, 0.25) is 5.91 Å². The van der Waals surface area contributed by atoms with E-state index in [2.05, 4.69) is 69.7 Å². The fraction of sp³-hybridized carbons (Fsp3) is 0.381. The van der Waals surface area contributed by atoms with Gasteiger partial charge in [0.15, 0.2) is 0 Å². The monoisotopic (exact) mass is 337 g/mol. The third kappa shape index (κ3) is 5.33. The number of carbonyl (C=O) groups is 1. The van der Waals surface area contributed by atoms with E-state index in [-0.39, 0.29) is 5.91 Å². The van der Waals surface area contributed by atoms with E-state index in [1.807, 2.05) is 0 Å². The molecule has 1 fully saturated rings. The molecular formula is C21H27N3O. The van der Waals surface area contributed by atoms with Gasteiger partial charge in [-0.2, -0.15) is 0 Å². The molecule has 3 rings (SSSR count). The highest BCUT2D eigenvalue weighted by molar-refractivity contribution is 5.72. The number of amides is 1. The summed E-state index contributed by atoms with van der Waals surface area (Å²) in [6.07, 6.45) is 0.885. The summed E-state index contributed by atoms with van der Waals surface area (Å²) in [5, 5.41) is 2.84. The topological polar surface area (TPSA) is 35.6 Å². The van der Waals surface area contributed by atoms with Gasteiger partial charge in [-0.15, -0.1) is 0 Å². The number of hydrogen-bond donors (Lipinski definition) is 1. The molecule has 1 N–H and O–H groups in total. The van der Waals surface area contributed by atoms with Crippen LogP contribution in [0.4, 0.5) is 5.69 Å². The second-order valence-corrected chi connectivity index (χ2v) is 6.65. The molecule has 0 aromatic heterocycles. The zero-order chi connectivity index (χ0) is 17.5. The van der Waals surface area contributed by atoms with Gasteiger partial charge in [-0.1, -0.05) is 42.5 Å². The lowest BCUT2D eigenvalue weighted by atomic mass is 10.1. The van der Waals surface area contributed by atoms with Gasteiger partial charge in [0, 0.05) is 51.9 Å². The largest absolute Gasteiger partial charge is 0.369 e. The van der Waals surface area contributed by atoms with Crippen LogP contribution in [0.5, 0.6) is 0 Å². The molecule has 132 valence electrons. The van der Waals surface area contributed by atoms with Crippen molar-refractivity contribution >= 4 is 11.6 Å². The van der Waals surface area contributed by atoms with Crippen LogP contribution in [0, 0.1) is 0 Å². The predicted molar refractivity (Wildman–Crippen MR) is 103 cm³/mol. The highest BCUT2D eigenvalue weighted by Gasteiger charge is 2.17. The molecule has 0 radical (unpaired) electrons. The molecule has 1 heterocycles. The first kappa shape index (κ1) is 17.5. The quantitative estimate of drug-likeness (QED) is 0.880. The molecule has 4 nitrogen and oxygen atoms in total. The van der Waals surface area contributed by atoms with Gasteiger partial charge >= 0.3 is 0 Å². The maximum atomic E-state index is 10.9. The van der Waals surface area contributed by atoms with E-state index in [9.17, 15) is 4.79 Å². The van der Waals surface area contributed by atoms with Gasteiger partial charge in [0.1, 0.15) is 0 Å². The molecule has 1 saturated heterocycles. The van der Waals surface area contributed by atoms with Crippen LogP contribution in [0.1, 0.15) is 18.1 Å². The normalized spacial score (nSPS) is 15.2. The Bertz CT molecular complexity index is 661. The maximum Gasteiger partial charge on any atom is 0.216 e. The minimum Gasteiger partial charge on any atom is -0.369 e. The number of hydrogen-bond acceptors (Lipinski definition) is 3. The summed E-state index contributed by atoms with van der Waals surface area (Å²) >= 11 is 0. The number of benzene rings is 2. The van der Waals surface area contributed by atoms with Gasteiger partial charge < -0.3 is 10.2 Å². The molecule has 4 heteroatoms. The lowest BCUT2D eigenvalue weighted by Gasteiger charge is -2.36. The highest BCUT2D eigenvalue weighted by Crippen LogP contribution is 2.17. The molecule has 2 aromatic carbocycles. The Kier molecular flexibility index (Phi) is 6.07. The van der Waals surface area contributed by atoms with E-state index < -0.39 is 0 Å². The van der Waals surface area contributed by atoms with Crippen LogP contribution < -0.4 is 10.2 Å². The maximum absolute atomic E-state index is 10.9. The van der Waals surface area contributed by atoms with Gasteiger partial charge in [-0.3, -0.25) is 9.69 Å². The Labute approximate surface area is 150 Å². The molecule has 1 aliphatic rings. The van der Waals surface area contributed by atoms with Gasteiger partial charge in [-0.25, -0.2) is 0 Å². The fourth-order valence-electron chi connectivity index (χ4n) is 3.26. The Morgan fingerprint density at radius 3 is 2.20 bits per heavy atom. The molecular weight excluding hydrogens is 310 g/mol. The summed E-state index contributed by atoms with van der Waals surface area (Å²) in [7, 11) is 0. The van der Waals surface area contributed by atoms with Crippen LogP contribution in [-0.4, -0.2) is 43.5 Å². The number of anilines is 1. The number of carbonyl (C=O) groups excluding carboxylic acids is 1. The first-order valence-electron chi connectivity index (χ1n) is 9.05. The van der Waals surface area contributed by atoms with E-state index in [1.54, 1.807) is 6.92 Å². The first-order valence-corrected chi connectivity index (χ1v) is 9.05. The minimum atomic E-state index is 0.0336. The predicted octanol–water partition coefficient (Wildman–Crippen LogP) is 2.69. The van der Waals surface area contributed by atoms with Crippen LogP contribution in [0.3, 0.4) is 0 Å². The van der Waals surface area contributed by atoms with Crippen LogP contribution in [0.25, 0.3) is 0 Å². The molecule has 0 atom stereocenters. The van der Waals surface area contributed by atoms with Gasteiger partial charge in [-0.05, 0) is 29.7 Å². The molecule has 1 amide bonds. The van der Waals surface area contributed by atoms with Crippen LogP contribution in [0.15, 0.2) is 54.6 Å². The van der Waals surface area contributed by atoms with Crippen molar-refractivity contribution in [1.29, 1.82) is 0 Å². The molecule has 0 saturated carbocycles. The lowest BCUT2D eigenvalue weighted by Crippen LogP contribution is -2.45. The van der Waals surface area contributed by atoms with Crippen molar-refractivity contribution in [3.05, 3.63) is 65.7 Å². The average Bonchev–Trinajstić information content (AvgIpc) is 2.64. The van der Waals surface area contributed by atoms with Crippen LogP contribution >= 0.6 is 0 Å². The van der Waals surface area contributed by atoms with Crippen molar-refractivity contribution in [2.45, 2.75) is 19.9 Å². The van der Waals surface area contributed by atoms with E-state index in [0.29, 0.717) is 6.54 Å². The van der Waals surface area contributed by atoms with E-state index >= 15 is 0 Å². The minimum absolute atomic E-state index is 0.0336. The highest BCUT2D eigenvalue weighted by atomic mass is 16.1. The lowest BCUT2D eigenvalue weighted by molar-refractivity contribution is -0.118. The number of nitrogens with zero attached hydrogens (tertiary/aromatic N) is 2. The zero-order valence-corrected chi connectivity index (χ0v) is 14.9. The molecule has 1 aliphatic heterocycles. The smallest absolute Gasteiger partial charge is 0.216 e. The SMILES string of the molecule is CC(=O)NCCc1ccc(CN2CCN(c3ccccc3)CC2)cc1. The second kappa shape index (κ2) is 8.67. The van der Waals surface area contributed by atoms with E-state index in [4.69, 9.17) is 0 Å². The Morgan fingerprint density at radius 2 is 1.56 bits per heavy atom. The van der Waals surface area contributed by atoms with Crippen molar-refractivity contribution in [3.63, 3.8) is 0 Å². The Hall–Kier alpha value is -2.33. The van der Waals surface area contributed by atoms with Gasteiger partial charge in [0.25, 0.3) is 0 Å². The Balaban J connectivity index is 1.45. The summed E-state index contributed by atoms with van der Waals surface area (Å²) in [5.74, 6) is 0.0336. The molecule has 0 spiro atoms. The third-order valence-electron chi connectivity index (χ3n) is 4.71. The number of para-hydroxylation sites is 1. The fourth-order valence-corrected chi connectivity index (χ4v) is 3.26. The standard InChI is InChI=1S/C21H27N3O/c1-18(25)22-12-11-19-7-9-20(10-8-19)17-23-13-15-24(16-14-23)21-5-3-2-4-6-21/h2-10H,11-17H2,1H3,(H,22,25). The number of piperazine rings is 1. The average molecular weight is 337 g/mol. The summed E-state index contributed by atoms with van der Waals surface area (Å²) < 4.78 is 0.